The Hall–Kier alpha value is -1.58. The third-order valence-corrected chi connectivity index (χ3v) is 5.40. The number of hydrogen-bond acceptors (Lipinski definition) is 4. The van der Waals surface area contributed by atoms with E-state index in [9.17, 15) is 9.59 Å². The number of ether oxygens (including phenoxy) is 2. The summed E-state index contributed by atoms with van der Waals surface area (Å²) in [6.45, 7) is 9.62. The van der Waals surface area contributed by atoms with Crippen molar-refractivity contribution in [2.45, 2.75) is 52.2 Å². The maximum absolute atomic E-state index is 12.0. The third-order valence-electron chi connectivity index (χ3n) is 5.40. The Kier molecular flexibility index (Phi) is 3.23. The molecule has 0 aromatic carbocycles. The van der Waals surface area contributed by atoms with E-state index in [-0.39, 0.29) is 41.4 Å². The van der Waals surface area contributed by atoms with E-state index in [1.807, 2.05) is 0 Å². The first kappa shape index (κ1) is 14.4. The molecule has 4 heteroatoms. The number of allylic oxidation sites excluding steroid dienone is 1. The fraction of sp³-hybridized carbons (Fsp3) is 0.647. The van der Waals surface area contributed by atoms with Crippen molar-refractivity contribution < 1.29 is 19.1 Å². The monoisotopic (exact) mass is 290 g/mol. The van der Waals surface area contributed by atoms with Gasteiger partial charge in [-0.2, -0.15) is 0 Å². The van der Waals surface area contributed by atoms with Gasteiger partial charge in [-0.25, -0.2) is 4.79 Å². The Morgan fingerprint density at radius 1 is 1.52 bits per heavy atom. The average molecular weight is 290 g/mol. The van der Waals surface area contributed by atoms with Crippen LogP contribution in [0.4, 0.5) is 0 Å². The highest BCUT2D eigenvalue weighted by Gasteiger charge is 2.59. The van der Waals surface area contributed by atoms with Gasteiger partial charge in [0.15, 0.2) is 0 Å². The minimum Gasteiger partial charge on any atom is -0.462 e. The summed E-state index contributed by atoms with van der Waals surface area (Å²) in [4.78, 5) is 23.4. The van der Waals surface area contributed by atoms with Crippen molar-refractivity contribution in [3.63, 3.8) is 0 Å². The molecule has 1 aliphatic heterocycles. The quantitative estimate of drug-likeness (QED) is 0.423. The van der Waals surface area contributed by atoms with Gasteiger partial charge in [-0.15, -0.1) is 0 Å². The molecule has 0 bridgehead atoms. The van der Waals surface area contributed by atoms with E-state index < -0.39 is 0 Å². The predicted molar refractivity (Wildman–Crippen MR) is 77.3 cm³/mol. The molecular formula is C17H22O4. The highest BCUT2D eigenvalue weighted by molar-refractivity contribution is 5.91. The van der Waals surface area contributed by atoms with E-state index in [4.69, 9.17) is 9.47 Å². The van der Waals surface area contributed by atoms with Gasteiger partial charge < -0.3 is 9.47 Å². The summed E-state index contributed by atoms with van der Waals surface area (Å²) in [6.07, 6.45) is 4.50. The van der Waals surface area contributed by atoms with Crippen molar-refractivity contribution in [1.82, 2.24) is 0 Å². The molecule has 5 atom stereocenters. The van der Waals surface area contributed by atoms with Crippen molar-refractivity contribution in [2.75, 3.05) is 0 Å². The number of fused-ring (bicyclic) bond motifs is 3. The Morgan fingerprint density at radius 2 is 2.24 bits per heavy atom. The number of rotatable bonds is 1. The zero-order chi connectivity index (χ0) is 15.4. The molecule has 0 radical (unpaired) electrons. The van der Waals surface area contributed by atoms with Crippen molar-refractivity contribution >= 4 is 11.9 Å². The summed E-state index contributed by atoms with van der Waals surface area (Å²) < 4.78 is 11.1. The second-order valence-corrected chi connectivity index (χ2v) is 6.89. The predicted octanol–water partition coefficient (Wildman–Crippen LogP) is 2.78. The van der Waals surface area contributed by atoms with E-state index in [0.29, 0.717) is 5.57 Å². The van der Waals surface area contributed by atoms with E-state index in [0.717, 1.165) is 19.3 Å². The minimum absolute atomic E-state index is 0.00498. The first-order valence-electron chi connectivity index (χ1n) is 7.57. The molecule has 0 amide bonds. The van der Waals surface area contributed by atoms with E-state index >= 15 is 0 Å². The van der Waals surface area contributed by atoms with Gasteiger partial charge in [0.2, 0.25) is 0 Å². The maximum atomic E-state index is 12.0. The van der Waals surface area contributed by atoms with Crippen LogP contribution in [0.5, 0.6) is 0 Å². The lowest BCUT2D eigenvalue weighted by Gasteiger charge is -2.51. The lowest BCUT2D eigenvalue weighted by atomic mass is 9.55. The van der Waals surface area contributed by atoms with Gasteiger partial charge in [-0.3, -0.25) is 4.79 Å². The number of carbonyl (C=O) groups excluding carboxylic acids is 2. The number of esters is 2. The molecule has 0 spiro atoms. The van der Waals surface area contributed by atoms with Crippen LogP contribution in [0.2, 0.25) is 0 Å². The topological polar surface area (TPSA) is 52.6 Å². The van der Waals surface area contributed by atoms with Crippen LogP contribution in [0.15, 0.2) is 23.8 Å². The third kappa shape index (κ3) is 2.12. The van der Waals surface area contributed by atoms with Crippen LogP contribution >= 0.6 is 0 Å². The molecule has 21 heavy (non-hydrogen) atoms. The lowest BCUT2D eigenvalue weighted by molar-refractivity contribution is -0.164. The normalized spacial score (nSPS) is 41.8. The van der Waals surface area contributed by atoms with E-state index in [2.05, 4.69) is 26.5 Å². The van der Waals surface area contributed by atoms with Gasteiger partial charge in [-0.1, -0.05) is 25.2 Å². The summed E-state index contributed by atoms with van der Waals surface area (Å²) in [5, 5.41) is 0. The fourth-order valence-corrected chi connectivity index (χ4v) is 4.58. The molecule has 114 valence electrons. The smallest absolute Gasteiger partial charge is 0.334 e. The van der Waals surface area contributed by atoms with Crippen LogP contribution < -0.4 is 0 Å². The Bertz CT molecular complexity index is 547. The minimum atomic E-state index is -0.343. The second kappa shape index (κ2) is 4.72. The van der Waals surface area contributed by atoms with Crippen LogP contribution in [0.25, 0.3) is 0 Å². The van der Waals surface area contributed by atoms with Crippen LogP contribution in [0.1, 0.15) is 40.0 Å². The van der Waals surface area contributed by atoms with Crippen molar-refractivity contribution in [2.24, 2.45) is 17.3 Å². The van der Waals surface area contributed by atoms with Gasteiger partial charge in [-0.05, 0) is 31.6 Å². The highest BCUT2D eigenvalue weighted by Crippen LogP contribution is 2.56. The average Bonchev–Trinajstić information content (AvgIpc) is 2.64. The maximum Gasteiger partial charge on any atom is 0.334 e. The van der Waals surface area contributed by atoms with Gasteiger partial charge >= 0.3 is 11.9 Å². The Labute approximate surface area is 125 Å². The van der Waals surface area contributed by atoms with Crippen molar-refractivity contribution in [1.29, 1.82) is 0 Å². The Morgan fingerprint density at radius 3 is 2.90 bits per heavy atom. The summed E-state index contributed by atoms with van der Waals surface area (Å²) in [5.41, 5.74) is 1.74. The molecule has 4 nitrogen and oxygen atoms in total. The summed E-state index contributed by atoms with van der Waals surface area (Å²) in [5.74, 6) is -0.659. The molecule has 0 unspecified atom stereocenters. The summed E-state index contributed by atoms with van der Waals surface area (Å²) in [7, 11) is 0. The molecule has 1 saturated carbocycles. The van der Waals surface area contributed by atoms with Crippen LogP contribution in [-0.4, -0.2) is 24.1 Å². The van der Waals surface area contributed by atoms with Crippen molar-refractivity contribution in [3.8, 4) is 0 Å². The van der Waals surface area contributed by atoms with E-state index in [1.54, 1.807) is 0 Å². The largest absolute Gasteiger partial charge is 0.462 e. The number of hydrogen-bond donors (Lipinski definition) is 0. The standard InChI is InChI=1S/C17H22O4/c1-9-6-5-7-17(4)8-12(20-11(3)18)13-10(2)16(19)21-15(13)14(9)17/h6,12-15H,2,5,7-8H2,1,3-4H3/t12-,13-,14-,15+,17-/m1/s1. The first-order chi connectivity index (χ1) is 9.83. The SMILES string of the molecule is C=C1C(=O)O[C@H]2[C@H]1[C@H](OC(C)=O)C[C@@]1(C)CCC=C(C)[C@H]21. The summed E-state index contributed by atoms with van der Waals surface area (Å²) >= 11 is 0. The molecule has 2 aliphatic carbocycles. The van der Waals surface area contributed by atoms with Gasteiger partial charge in [0.05, 0.1) is 5.92 Å². The zero-order valence-electron chi connectivity index (χ0n) is 12.8. The molecule has 0 N–H and O–H groups in total. The summed E-state index contributed by atoms with van der Waals surface area (Å²) in [6, 6.07) is 0. The van der Waals surface area contributed by atoms with E-state index in [1.165, 1.54) is 12.5 Å². The van der Waals surface area contributed by atoms with Gasteiger partial charge in [0, 0.05) is 18.4 Å². The van der Waals surface area contributed by atoms with Crippen LogP contribution in [0, 0.1) is 17.3 Å². The van der Waals surface area contributed by atoms with Gasteiger partial charge in [0.1, 0.15) is 12.2 Å². The molecule has 0 aromatic rings. The van der Waals surface area contributed by atoms with Gasteiger partial charge in [0.25, 0.3) is 0 Å². The lowest BCUT2D eigenvalue weighted by Crippen LogP contribution is -2.52. The molecule has 2 fully saturated rings. The molecular weight excluding hydrogens is 268 g/mol. The molecule has 3 rings (SSSR count). The molecule has 1 saturated heterocycles. The van der Waals surface area contributed by atoms with Crippen molar-refractivity contribution in [3.05, 3.63) is 23.8 Å². The Balaban J connectivity index is 2.02. The zero-order valence-corrected chi connectivity index (χ0v) is 12.8. The molecule has 0 aromatic heterocycles. The fourth-order valence-electron chi connectivity index (χ4n) is 4.58. The number of carbonyl (C=O) groups is 2. The molecule has 1 heterocycles. The first-order valence-corrected chi connectivity index (χ1v) is 7.57. The van der Waals surface area contributed by atoms with Crippen LogP contribution in [-0.2, 0) is 19.1 Å². The highest BCUT2D eigenvalue weighted by atomic mass is 16.6. The molecule has 3 aliphatic rings. The second-order valence-electron chi connectivity index (χ2n) is 6.89. The van der Waals surface area contributed by atoms with Crippen LogP contribution in [0.3, 0.4) is 0 Å².